The number of benzene rings is 1. The molecule has 0 saturated carbocycles. The molecule has 2 rings (SSSR count). The minimum atomic E-state index is -0.411. The van der Waals surface area contributed by atoms with Crippen LogP contribution in [0.15, 0.2) is 29.4 Å². The minimum absolute atomic E-state index is 0.0489. The number of nitro groups is 1. The first-order valence-corrected chi connectivity index (χ1v) is 4.95. The highest BCUT2D eigenvalue weighted by Crippen LogP contribution is 2.31. The number of nitro benzene ring substituents is 1. The van der Waals surface area contributed by atoms with Crippen molar-refractivity contribution in [3.05, 3.63) is 34.4 Å². The maximum atomic E-state index is 10.9. The van der Waals surface area contributed by atoms with Crippen LogP contribution in [-0.4, -0.2) is 16.8 Å². The SMILES string of the molecule is CC1CC(N)=NN1c1ccccc1[N+](=O)[O-]. The number of amidine groups is 1. The van der Waals surface area contributed by atoms with Gasteiger partial charge in [-0.05, 0) is 13.0 Å². The van der Waals surface area contributed by atoms with E-state index in [2.05, 4.69) is 5.10 Å². The maximum Gasteiger partial charge on any atom is 0.294 e. The summed E-state index contributed by atoms with van der Waals surface area (Å²) in [6, 6.07) is 6.58. The molecule has 1 atom stereocenters. The van der Waals surface area contributed by atoms with Gasteiger partial charge in [-0.3, -0.25) is 15.1 Å². The van der Waals surface area contributed by atoms with Crippen LogP contribution in [0.25, 0.3) is 0 Å². The highest BCUT2D eigenvalue weighted by atomic mass is 16.6. The van der Waals surface area contributed by atoms with Crippen molar-refractivity contribution in [3.63, 3.8) is 0 Å². The molecule has 1 aromatic rings. The quantitative estimate of drug-likeness (QED) is 0.604. The highest BCUT2D eigenvalue weighted by Gasteiger charge is 2.27. The Labute approximate surface area is 92.5 Å². The first-order valence-electron chi connectivity index (χ1n) is 4.95. The van der Waals surface area contributed by atoms with Crippen LogP contribution in [0.1, 0.15) is 13.3 Å². The van der Waals surface area contributed by atoms with E-state index in [-0.39, 0.29) is 11.7 Å². The first kappa shape index (κ1) is 10.4. The van der Waals surface area contributed by atoms with Gasteiger partial charge in [-0.25, -0.2) is 0 Å². The maximum absolute atomic E-state index is 10.9. The first-order chi connectivity index (χ1) is 7.59. The normalized spacial score (nSPS) is 19.7. The predicted molar refractivity (Wildman–Crippen MR) is 61.3 cm³/mol. The third-order valence-corrected chi connectivity index (χ3v) is 2.48. The molecule has 1 unspecified atom stereocenters. The minimum Gasteiger partial charge on any atom is -0.386 e. The smallest absolute Gasteiger partial charge is 0.294 e. The van der Waals surface area contributed by atoms with Gasteiger partial charge in [-0.15, -0.1) is 0 Å². The summed E-state index contributed by atoms with van der Waals surface area (Å²) < 4.78 is 0. The highest BCUT2D eigenvalue weighted by molar-refractivity contribution is 5.85. The summed E-state index contributed by atoms with van der Waals surface area (Å²) in [5, 5.41) is 16.6. The Morgan fingerprint density at radius 1 is 1.56 bits per heavy atom. The van der Waals surface area contributed by atoms with E-state index in [0.29, 0.717) is 17.9 Å². The second kappa shape index (κ2) is 3.80. The molecule has 0 spiro atoms. The van der Waals surface area contributed by atoms with Crippen LogP contribution in [-0.2, 0) is 0 Å². The molecule has 0 amide bonds. The number of hydrazone groups is 1. The largest absolute Gasteiger partial charge is 0.386 e. The zero-order valence-electron chi connectivity index (χ0n) is 8.83. The van der Waals surface area contributed by atoms with Crippen molar-refractivity contribution in [1.29, 1.82) is 0 Å². The number of anilines is 1. The molecule has 0 aromatic heterocycles. The Bertz CT molecular complexity index is 458. The molecule has 0 bridgehead atoms. The fraction of sp³-hybridized carbons (Fsp3) is 0.300. The Hall–Kier alpha value is -2.11. The van der Waals surface area contributed by atoms with Crippen LogP contribution in [0.3, 0.4) is 0 Å². The zero-order chi connectivity index (χ0) is 11.7. The standard InChI is InChI=1S/C10H12N4O2/c1-7-6-10(11)12-13(7)8-4-2-3-5-9(8)14(15)16/h2-5,7H,6H2,1H3,(H2,11,12). The van der Waals surface area contributed by atoms with Crippen LogP contribution in [0.2, 0.25) is 0 Å². The summed E-state index contributed by atoms with van der Waals surface area (Å²) >= 11 is 0. The molecule has 0 fully saturated rings. The number of hydrogen-bond acceptors (Lipinski definition) is 5. The van der Waals surface area contributed by atoms with Gasteiger partial charge in [0, 0.05) is 12.5 Å². The monoisotopic (exact) mass is 220 g/mol. The molecular formula is C10H12N4O2. The lowest BCUT2D eigenvalue weighted by molar-refractivity contribution is -0.384. The molecule has 0 aliphatic carbocycles. The summed E-state index contributed by atoms with van der Waals surface area (Å²) in [4.78, 5) is 10.5. The van der Waals surface area contributed by atoms with Gasteiger partial charge in [-0.2, -0.15) is 5.10 Å². The van der Waals surface area contributed by atoms with E-state index in [1.54, 1.807) is 23.2 Å². The van der Waals surface area contributed by atoms with E-state index in [1.807, 2.05) is 6.92 Å². The molecule has 6 nitrogen and oxygen atoms in total. The lowest BCUT2D eigenvalue weighted by atomic mass is 10.2. The predicted octanol–water partition coefficient (Wildman–Crippen LogP) is 1.47. The fourth-order valence-electron chi connectivity index (χ4n) is 1.77. The Morgan fingerprint density at radius 3 is 2.81 bits per heavy atom. The zero-order valence-corrected chi connectivity index (χ0v) is 8.83. The van der Waals surface area contributed by atoms with Crippen LogP contribution in [0, 0.1) is 10.1 Å². The van der Waals surface area contributed by atoms with E-state index in [1.165, 1.54) is 6.07 Å². The molecule has 1 aliphatic heterocycles. The second-order valence-electron chi connectivity index (χ2n) is 3.73. The van der Waals surface area contributed by atoms with Gasteiger partial charge in [0.2, 0.25) is 0 Å². The van der Waals surface area contributed by atoms with E-state index in [9.17, 15) is 10.1 Å². The lowest BCUT2D eigenvalue weighted by Crippen LogP contribution is -2.23. The van der Waals surface area contributed by atoms with Crippen molar-refractivity contribution in [2.75, 3.05) is 5.01 Å². The number of nitrogens with two attached hydrogens (primary N) is 1. The van der Waals surface area contributed by atoms with Crippen molar-refractivity contribution in [3.8, 4) is 0 Å². The van der Waals surface area contributed by atoms with Crippen molar-refractivity contribution in [2.24, 2.45) is 10.8 Å². The van der Waals surface area contributed by atoms with Gasteiger partial charge in [0.1, 0.15) is 11.5 Å². The van der Waals surface area contributed by atoms with E-state index in [4.69, 9.17) is 5.73 Å². The third-order valence-electron chi connectivity index (χ3n) is 2.48. The van der Waals surface area contributed by atoms with Crippen LogP contribution < -0.4 is 10.7 Å². The van der Waals surface area contributed by atoms with Crippen molar-refractivity contribution >= 4 is 17.2 Å². The summed E-state index contributed by atoms with van der Waals surface area (Å²) in [7, 11) is 0. The van der Waals surface area contributed by atoms with Gasteiger partial charge in [0.15, 0.2) is 0 Å². The fourth-order valence-corrected chi connectivity index (χ4v) is 1.77. The molecule has 1 aromatic carbocycles. The molecule has 1 aliphatic rings. The van der Waals surface area contributed by atoms with Crippen LogP contribution >= 0.6 is 0 Å². The number of nitrogens with zero attached hydrogens (tertiary/aromatic N) is 3. The van der Waals surface area contributed by atoms with Crippen molar-refractivity contribution < 1.29 is 4.92 Å². The van der Waals surface area contributed by atoms with E-state index >= 15 is 0 Å². The van der Waals surface area contributed by atoms with E-state index < -0.39 is 4.92 Å². The Balaban J connectivity index is 2.44. The molecule has 6 heteroatoms. The summed E-state index contributed by atoms with van der Waals surface area (Å²) in [6.07, 6.45) is 0.631. The molecule has 16 heavy (non-hydrogen) atoms. The Kier molecular flexibility index (Phi) is 2.47. The van der Waals surface area contributed by atoms with Gasteiger partial charge in [0.25, 0.3) is 5.69 Å². The molecule has 0 radical (unpaired) electrons. The van der Waals surface area contributed by atoms with Crippen LogP contribution in [0.4, 0.5) is 11.4 Å². The topological polar surface area (TPSA) is 84.8 Å². The summed E-state index contributed by atoms with van der Waals surface area (Å²) in [5.74, 6) is 0.505. The van der Waals surface area contributed by atoms with Gasteiger partial charge in [-0.1, -0.05) is 12.1 Å². The van der Waals surface area contributed by atoms with E-state index in [0.717, 1.165) is 0 Å². The summed E-state index contributed by atoms with van der Waals surface area (Å²) in [6.45, 7) is 1.93. The number of hydrogen-bond donors (Lipinski definition) is 1. The number of rotatable bonds is 2. The number of para-hydroxylation sites is 2. The molecule has 1 heterocycles. The Morgan fingerprint density at radius 2 is 2.25 bits per heavy atom. The second-order valence-corrected chi connectivity index (χ2v) is 3.73. The lowest BCUT2D eigenvalue weighted by Gasteiger charge is -2.19. The summed E-state index contributed by atoms with van der Waals surface area (Å²) in [5.41, 5.74) is 6.15. The molecule has 84 valence electrons. The van der Waals surface area contributed by atoms with Crippen molar-refractivity contribution in [2.45, 2.75) is 19.4 Å². The van der Waals surface area contributed by atoms with Gasteiger partial charge in [0.05, 0.1) is 11.0 Å². The van der Waals surface area contributed by atoms with Crippen LogP contribution in [0.5, 0.6) is 0 Å². The average molecular weight is 220 g/mol. The van der Waals surface area contributed by atoms with Gasteiger partial charge < -0.3 is 5.73 Å². The molecular weight excluding hydrogens is 208 g/mol. The molecule has 0 saturated heterocycles. The van der Waals surface area contributed by atoms with Crippen molar-refractivity contribution in [1.82, 2.24) is 0 Å². The third kappa shape index (κ3) is 1.69. The van der Waals surface area contributed by atoms with Gasteiger partial charge >= 0.3 is 0 Å². The average Bonchev–Trinajstić information content (AvgIpc) is 2.57. The molecule has 2 N–H and O–H groups in total.